The van der Waals surface area contributed by atoms with Crippen LogP contribution in [0.3, 0.4) is 0 Å². The Hall–Kier alpha value is -2.59. The molecule has 0 spiro atoms. The van der Waals surface area contributed by atoms with Crippen LogP contribution in [0.5, 0.6) is 0 Å². The fraction of sp³-hybridized carbons (Fsp3) is 0.118. The minimum Gasteiger partial charge on any atom is -0.361 e. The summed E-state index contributed by atoms with van der Waals surface area (Å²) in [6.45, 7) is 0.464. The molecular weight excluding hydrogens is 262 g/mol. The van der Waals surface area contributed by atoms with E-state index in [0.717, 1.165) is 27.7 Å². The number of benzene rings is 2. The number of carbonyl (C=O) groups is 1. The molecule has 0 radical (unpaired) electrons. The summed E-state index contributed by atoms with van der Waals surface area (Å²) in [6.07, 6.45) is 2.23. The molecule has 3 aromatic rings. The maximum Gasteiger partial charge on any atom is 0.228 e. The van der Waals surface area contributed by atoms with Gasteiger partial charge in [-0.05, 0) is 29.3 Å². The molecule has 0 aliphatic carbocycles. The van der Waals surface area contributed by atoms with Crippen LogP contribution in [0.1, 0.15) is 11.1 Å². The number of nitrogens with two attached hydrogens (primary N) is 1. The highest BCUT2D eigenvalue weighted by Crippen LogP contribution is 2.19. The Morgan fingerprint density at radius 3 is 2.86 bits per heavy atom. The van der Waals surface area contributed by atoms with E-state index in [2.05, 4.69) is 10.3 Å². The van der Waals surface area contributed by atoms with E-state index in [1.807, 2.05) is 54.7 Å². The molecule has 0 saturated heterocycles. The molecule has 4 heteroatoms. The molecule has 4 N–H and O–H groups in total. The summed E-state index contributed by atoms with van der Waals surface area (Å²) in [6, 6.07) is 15.6. The zero-order chi connectivity index (χ0) is 14.7. The third-order valence-electron chi connectivity index (χ3n) is 3.47. The van der Waals surface area contributed by atoms with Crippen molar-refractivity contribution in [2.45, 2.75) is 13.0 Å². The lowest BCUT2D eigenvalue weighted by molar-refractivity contribution is -0.115. The van der Waals surface area contributed by atoms with E-state index < -0.39 is 0 Å². The highest BCUT2D eigenvalue weighted by atomic mass is 16.1. The first kappa shape index (κ1) is 13.4. The topological polar surface area (TPSA) is 70.9 Å². The lowest BCUT2D eigenvalue weighted by atomic mass is 10.1. The first-order valence-corrected chi connectivity index (χ1v) is 6.90. The predicted octanol–water partition coefficient (Wildman–Crippen LogP) is 2.81. The van der Waals surface area contributed by atoms with Gasteiger partial charge in [0.25, 0.3) is 0 Å². The van der Waals surface area contributed by atoms with Gasteiger partial charge in [-0.3, -0.25) is 4.79 Å². The van der Waals surface area contributed by atoms with Crippen LogP contribution in [-0.2, 0) is 17.8 Å². The summed E-state index contributed by atoms with van der Waals surface area (Å²) in [7, 11) is 0. The number of hydrogen-bond donors (Lipinski definition) is 3. The molecule has 106 valence electrons. The van der Waals surface area contributed by atoms with Crippen LogP contribution >= 0.6 is 0 Å². The minimum absolute atomic E-state index is 0.0334. The van der Waals surface area contributed by atoms with Gasteiger partial charge in [0.2, 0.25) is 5.91 Å². The van der Waals surface area contributed by atoms with Crippen LogP contribution < -0.4 is 11.1 Å². The SMILES string of the molecule is NCc1cccc(NC(=O)Cc2c[nH]c3ccccc23)c1. The van der Waals surface area contributed by atoms with Gasteiger partial charge < -0.3 is 16.0 Å². The zero-order valence-corrected chi connectivity index (χ0v) is 11.6. The van der Waals surface area contributed by atoms with Crippen LogP contribution in [0.2, 0.25) is 0 Å². The molecule has 3 rings (SSSR count). The van der Waals surface area contributed by atoms with E-state index >= 15 is 0 Å². The van der Waals surface area contributed by atoms with Crippen molar-refractivity contribution in [2.24, 2.45) is 5.73 Å². The van der Waals surface area contributed by atoms with Gasteiger partial charge in [0.05, 0.1) is 6.42 Å². The largest absolute Gasteiger partial charge is 0.361 e. The van der Waals surface area contributed by atoms with E-state index in [1.165, 1.54) is 0 Å². The number of para-hydroxylation sites is 1. The van der Waals surface area contributed by atoms with Gasteiger partial charge in [-0.15, -0.1) is 0 Å². The quantitative estimate of drug-likeness (QED) is 0.687. The summed E-state index contributed by atoms with van der Waals surface area (Å²) in [5.41, 5.74) is 9.43. The first-order valence-electron chi connectivity index (χ1n) is 6.90. The van der Waals surface area contributed by atoms with E-state index in [0.29, 0.717) is 13.0 Å². The summed E-state index contributed by atoms with van der Waals surface area (Å²) in [4.78, 5) is 15.3. The van der Waals surface area contributed by atoms with Crippen molar-refractivity contribution in [1.29, 1.82) is 0 Å². The van der Waals surface area contributed by atoms with Crippen molar-refractivity contribution < 1.29 is 4.79 Å². The second-order valence-electron chi connectivity index (χ2n) is 4.99. The van der Waals surface area contributed by atoms with E-state index in [1.54, 1.807) is 0 Å². The molecule has 0 fully saturated rings. The van der Waals surface area contributed by atoms with Crippen molar-refractivity contribution >= 4 is 22.5 Å². The Morgan fingerprint density at radius 1 is 1.14 bits per heavy atom. The number of amides is 1. The third kappa shape index (κ3) is 2.95. The van der Waals surface area contributed by atoms with Crippen molar-refractivity contribution in [3.05, 3.63) is 65.9 Å². The number of carbonyl (C=O) groups excluding carboxylic acids is 1. The smallest absolute Gasteiger partial charge is 0.228 e. The van der Waals surface area contributed by atoms with Crippen LogP contribution in [-0.4, -0.2) is 10.9 Å². The normalized spacial score (nSPS) is 10.7. The second-order valence-corrected chi connectivity index (χ2v) is 4.99. The Morgan fingerprint density at radius 2 is 2.00 bits per heavy atom. The van der Waals surface area contributed by atoms with Gasteiger partial charge in [0, 0.05) is 29.3 Å². The Labute approximate surface area is 123 Å². The number of aromatic amines is 1. The van der Waals surface area contributed by atoms with Gasteiger partial charge >= 0.3 is 0 Å². The highest BCUT2D eigenvalue weighted by molar-refractivity contribution is 5.95. The molecule has 2 aromatic carbocycles. The van der Waals surface area contributed by atoms with Gasteiger partial charge in [-0.1, -0.05) is 30.3 Å². The molecule has 4 nitrogen and oxygen atoms in total. The monoisotopic (exact) mass is 279 g/mol. The lowest BCUT2D eigenvalue weighted by Gasteiger charge is -2.06. The Bertz CT molecular complexity index is 776. The van der Waals surface area contributed by atoms with Crippen molar-refractivity contribution in [2.75, 3.05) is 5.32 Å². The molecule has 0 unspecified atom stereocenters. The molecular formula is C17H17N3O. The van der Waals surface area contributed by atoms with Crippen molar-refractivity contribution in [1.82, 2.24) is 4.98 Å². The molecule has 0 aliphatic heterocycles. The molecule has 1 heterocycles. The van der Waals surface area contributed by atoms with E-state index in [4.69, 9.17) is 5.73 Å². The number of fused-ring (bicyclic) bond motifs is 1. The summed E-state index contributed by atoms with van der Waals surface area (Å²) < 4.78 is 0. The Balaban J connectivity index is 1.74. The molecule has 0 saturated carbocycles. The zero-order valence-electron chi connectivity index (χ0n) is 11.6. The highest BCUT2D eigenvalue weighted by Gasteiger charge is 2.08. The van der Waals surface area contributed by atoms with Crippen LogP contribution in [0, 0.1) is 0 Å². The maximum atomic E-state index is 12.2. The Kier molecular flexibility index (Phi) is 3.71. The number of nitrogens with one attached hydrogen (secondary N) is 2. The number of H-pyrrole nitrogens is 1. The van der Waals surface area contributed by atoms with Crippen molar-refractivity contribution in [3.8, 4) is 0 Å². The van der Waals surface area contributed by atoms with Crippen molar-refractivity contribution in [3.63, 3.8) is 0 Å². The molecule has 0 bridgehead atoms. The number of hydrogen-bond acceptors (Lipinski definition) is 2. The third-order valence-corrected chi connectivity index (χ3v) is 3.47. The average Bonchev–Trinajstić information content (AvgIpc) is 2.91. The first-order chi connectivity index (χ1) is 10.3. The molecule has 1 amide bonds. The number of rotatable bonds is 4. The summed E-state index contributed by atoms with van der Waals surface area (Å²) in [5.74, 6) is -0.0334. The van der Waals surface area contributed by atoms with E-state index in [9.17, 15) is 4.79 Å². The van der Waals surface area contributed by atoms with Gasteiger partial charge in [-0.25, -0.2) is 0 Å². The second kappa shape index (κ2) is 5.81. The lowest BCUT2D eigenvalue weighted by Crippen LogP contribution is -2.14. The average molecular weight is 279 g/mol. The fourth-order valence-corrected chi connectivity index (χ4v) is 2.43. The van der Waals surface area contributed by atoms with E-state index in [-0.39, 0.29) is 5.91 Å². The summed E-state index contributed by atoms with van der Waals surface area (Å²) >= 11 is 0. The standard InChI is InChI=1S/C17H17N3O/c18-10-12-4-3-5-14(8-12)20-17(21)9-13-11-19-16-7-2-1-6-15(13)16/h1-8,11,19H,9-10,18H2,(H,20,21). The van der Waals surface area contributed by atoms with Crippen LogP contribution in [0.4, 0.5) is 5.69 Å². The predicted molar refractivity (Wildman–Crippen MR) is 85.0 cm³/mol. The molecule has 0 aliphatic rings. The minimum atomic E-state index is -0.0334. The summed E-state index contributed by atoms with van der Waals surface area (Å²) in [5, 5.41) is 4.00. The fourth-order valence-electron chi connectivity index (χ4n) is 2.43. The number of aromatic nitrogens is 1. The van der Waals surface area contributed by atoms with Crippen LogP contribution in [0.25, 0.3) is 10.9 Å². The van der Waals surface area contributed by atoms with Gasteiger partial charge in [-0.2, -0.15) is 0 Å². The van der Waals surface area contributed by atoms with Crippen LogP contribution in [0.15, 0.2) is 54.7 Å². The van der Waals surface area contributed by atoms with Gasteiger partial charge in [0.15, 0.2) is 0 Å². The molecule has 0 atom stereocenters. The maximum absolute atomic E-state index is 12.2. The number of anilines is 1. The molecule has 1 aromatic heterocycles. The van der Waals surface area contributed by atoms with Gasteiger partial charge in [0.1, 0.15) is 0 Å². The molecule has 21 heavy (non-hydrogen) atoms.